The van der Waals surface area contributed by atoms with Gasteiger partial charge >= 0.3 is 0 Å². The molecule has 0 spiro atoms. The minimum Gasteiger partial charge on any atom is -0.300 e. The van der Waals surface area contributed by atoms with Gasteiger partial charge < -0.3 is 5.32 Å². The van der Waals surface area contributed by atoms with E-state index in [0.717, 1.165) is 33.4 Å². The molecule has 8 heteroatoms. The van der Waals surface area contributed by atoms with Crippen LogP contribution < -0.4 is 10.9 Å². The summed E-state index contributed by atoms with van der Waals surface area (Å²) in [6.45, 7) is 0.598. The minimum absolute atomic E-state index is 0.0129. The molecule has 1 aliphatic rings. The maximum Gasteiger partial charge on any atom is 0.272 e. The van der Waals surface area contributed by atoms with Crippen LogP contribution in [0.3, 0.4) is 0 Å². The van der Waals surface area contributed by atoms with Gasteiger partial charge in [0.25, 0.3) is 5.56 Å². The molecule has 1 fully saturated rings. The number of rotatable bonds is 4. The number of nitrogens with zero attached hydrogens (tertiary/aromatic N) is 4. The highest BCUT2D eigenvalue weighted by atomic mass is 79.9. The van der Waals surface area contributed by atoms with Crippen molar-refractivity contribution in [1.29, 1.82) is 0 Å². The highest BCUT2D eigenvalue weighted by molar-refractivity contribution is 9.10. The molecule has 1 saturated carbocycles. The van der Waals surface area contributed by atoms with Crippen LogP contribution in [0.25, 0.3) is 16.0 Å². The van der Waals surface area contributed by atoms with E-state index < -0.39 is 0 Å². The number of nitrogens with one attached hydrogen (secondary N) is 1. The number of benzene rings is 1. The van der Waals surface area contributed by atoms with Gasteiger partial charge in [-0.15, -0.1) is 21.5 Å². The summed E-state index contributed by atoms with van der Waals surface area (Å²) in [5, 5.41) is 14.3. The number of aromatic nitrogens is 4. The van der Waals surface area contributed by atoms with Crippen molar-refractivity contribution in [3.8, 4) is 0 Å². The van der Waals surface area contributed by atoms with E-state index >= 15 is 0 Å². The molecule has 3 heterocycles. The van der Waals surface area contributed by atoms with Crippen molar-refractivity contribution in [1.82, 2.24) is 24.5 Å². The van der Waals surface area contributed by atoms with Gasteiger partial charge in [0.1, 0.15) is 4.70 Å². The van der Waals surface area contributed by atoms with Crippen LogP contribution in [0, 0.1) is 0 Å². The first-order chi connectivity index (χ1) is 13.1. The lowest BCUT2D eigenvalue weighted by Gasteiger charge is -2.43. The molecule has 1 N–H and O–H groups in total. The first-order valence-electron chi connectivity index (χ1n) is 8.90. The third kappa shape index (κ3) is 2.58. The molecule has 6 nitrogen and oxygen atoms in total. The predicted molar refractivity (Wildman–Crippen MR) is 110 cm³/mol. The van der Waals surface area contributed by atoms with Gasteiger partial charge in [0.2, 0.25) is 5.78 Å². The summed E-state index contributed by atoms with van der Waals surface area (Å²) < 4.78 is 5.39. The molecule has 4 aromatic rings. The highest BCUT2D eigenvalue weighted by Gasteiger charge is 2.38. The second kappa shape index (κ2) is 6.25. The number of fused-ring (bicyclic) bond motifs is 3. The van der Waals surface area contributed by atoms with Crippen LogP contribution in [0.1, 0.15) is 30.7 Å². The summed E-state index contributed by atoms with van der Waals surface area (Å²) >= 11 is 4.97. The number of hydrogen-bond donors (Lipinski definition) is 1. The highest BCUT2D eigenvalue weighted by Crippen LogP contribution is 2.41. The number of thiophene rings is 1. The van der Waals surface area contributed by atoms with Gasteiger partial charge in [-0.05, 0) is 48.4 Å². The van der Waals surface area contributed by atoms with Crippen molar-refractivity contribution in [3.63, 3.8) is 0 Å². The molecule has 0 amide bonds. The molecular formula is C19H18BrN5OS. The Morgan fingerprint density at radius 2 is 2.00 bits per heavy atom. The zero-order valence-corrected chi connectivity index (χ0v) is 17.2. The Morgan fingerprint density at radius 1 is 1.22 bits per heavy atom. The Morgan fingerprint density at radius 3 is 2.70 bits per heavy atom. The maximum absolute atomic E-state index is 12.5. The third-order valence-electron chi connectivity index (χ3n) is 5.59. The van der Waals surface area contributed by atoms with Gasteiger partial charge in [-0.2, -0.15) is 0 Å². The van der Waals surface area contributed by atoms with Crippen molar-refractivity contribution in [2.75, 3.05) is 0 Å². The first kappa shape index (κ1) is 17.1. The molecule has 138 valence electrons. The lowest BCUT2D eigenvalue weighted by Crippen LogP contribution is -2.47. The monoisotopic (exact) mass is 443 g/mol. The van der Waals surface area contributed by atoms with Gasteiger partial charge in [0, 0.05) is 17.1 Å². The van der Waals surface area contributed by atoms with Crippen LogP contribution in [0.5, 0.6) is 0 Å². The van der Waals surface area contributed by atoms with Crippen molar-refractivity contribution in [2.45, 2.75) is 31.3 Å². The Labute approximate surface area is 168 Å². The summed E-state index contributed by atoms with van der Waals surface area (Å²) in [6, 6.07) is 10.5. The predicted octanol–water partition coefficient (Wildman–Crippen LogP) is 3.57. The van der Waals surface area contributed by atoms with Crippen LogP contribution in [0.2, 0.25) is 0 Å². The summed E-state index contributed by atoms with van der Waals surface area (Å²) in [6.07, 6.45) is 3.43. The molecule has 0 bridgehead atoms. The Balaban J connectivity index is 1.54. The fourth-order valence-electron chi connectivity index (χ4n) is 3.88. The molecule has 3 aromatic heterocycles. The summed E-state index contributed by atoms with van der Waals surface area (Å²) in [5.41, 5.74) is 2.15. The lowest BCUT2D eigenvalue weighted by atomic mass is 9.72. The molecule has 0 atom stereocenters. The van der Waals surface area contributed by atoms with Crippen LogP contribution in [0.4, 0.5) is 0 Å². The number of halogens is 1. The average Bonchev–Trinajstić information content (AvgIpc) is 3.27. The van der Waals surface area contributed by atoms with Gasteiger partial charge in [-0.3, -0.25) is 13.8 Å². The lowest BCUT2D eigenvalue weighted by molar-refractivity contribution is 0.182. The summed E-state index contributed by atoms with van der Waals surface area (Å²) in [7, 11) is 1.75. The molecule has 1 aliphatic carbocycles. The maximum atomic E-state index is 12.5. The van der Waals surface area contributed by atoms with E-state index in [1.165, 1.54) is 23.3 Å². The van der Waals surface area contributed by atoms with Crippen molar-refractivity contribution in [3.05, 3.63) is 61.9 Å². The van der Waals surface area contributed by atoms with Crippen molar-refractivity contribution >= 4 is 43.3 Å². The Bertz CT molecular complexity index is 1200. The smallest absolute Gasteiger partial charge is 0.272 e. The van der Waals surface area contributed by atoms with Crippen LogP contribution >= 0.6 is 27.3 Å². The largest absolute Gasteiger partial charge is 0.300 e. The Kier molecular flexibility index (Phi) is 3.96. The van der Waals surface area contributed by atoms with Crippen LogP contribution in [0.15, 0.2) is 45.0 Å². The SMILES string of the molecule is Cn1c(=O)c2sccc2n2c(CNC3(c4ccc(Br)cc4)CCC3)nnc12. The zero-order valence-electron chi connectivity index (χ0n) is 14.8. The standard InChI is InChI=1S/C19H18BrN5OS/c1-24-17(26)16-14(7-10-27-16)25-15(22-23-18(24)25)11-21-19(8-2-9-19)12-3-5-13(20)6-4-12/h3-7,10,21H,2,8-9,11H2,1H3. The molecule has 1 aromatic carbocycles. The fourth-order valence-corrected chi connectivity index (χ4v) is 5.00. The van der Waals surface area contributed by atoms with Gasteiger partial charge in [0.15, 0.2) is 5.82 Å². The molecular weight excluding hydrogens is 426 g/mol. The third-order valence-corrected chi connectivity index (χ3v) is 7.01. The molecule has 27 heavy (non-hydrogen) atoms. The molecule has 0 aliphatic heterocycles. The van der Waals surface area contributed by atoms with Crippen LogP contribution in [-0.4, -0.2) is 19.2 Å². The normalized spacial score (nSPS) is 16.1. The van der Waals surface area contributed by atoms with E-state index in [9.17, 15) is 4.79 Å². The van der Waals surface area contributed by atoms with Crippen molar-refractivity contribution in [2.24, 2.45) is 7.05 Å². The number of aryl methyl sites for hydroxylation is 1. The van der Waals surface area contributed by atoms with Gasteiger partial charge in [-0.1, -0.05) is 28.1 Å². The molecule has 0 unspecified atom stereocenters. The summed E-state index contributed by atoms with van der Waals surface area (Å²) in [5.74, 6) is 1.40. The fraction of sp³-hybridized carbons (Fsp3) is 0.316. The Hall–Kier alpha value is -2.03. The molecule has 0 radical (unpaired) electrons. The van der Waals surface area contributed by atoms with E-state index in [0.29, 0.717) is 12.3 Å². The van der Waals surface area contributed by atoms with E-state index in [1.807, 2.05) is 15.8 Å². The van der Waals surface area contributed by atoms with Crippen molar-refractivity contribution < 1.29 is 0 Å². The average molecular weight is 444 g/mol. The van der Waals surface area contributed by atoms with Crippen LogP contribution in [-0.2, 0) is 19.1 Å². The second-order valence-corrected chi connectivity index (χ2v) is 8.88. The van der Waals surface area contributed by atoms with Gasteiger partial charge in [-0.25, -0.2) is 0 Å². The number of hydrogen-bond acceptors (Lipinski definition) is 5. The minimum atomic E-state index is -0.0234. The molecule has 0 saturated heterocycles. The first-order valence-corrected chi connectivity index (χ1v) is 10.6. The topological polar surface area (TPSA) is 64.2 Å². The quantitative estimate of drug-likeness (QED) is 0.523. The van der Waals surface area contributed by atoms with E-state index in [2.05, 4.69) is 55.7 Å². The second-order valence-electron chi connectivity index (χ2n) is 7.05. The zero-order chi connectivity index (χ0) is 18.6. The summed E-state index contributed by atoms with van der Waals surface area (Å²) in [4.78, 5) is 12.5. The van der Waals surface area contributed by atoms with E-state index in [1.54, 1.807) is 11.6 Å². The van der Waals surface area contributed by atoms with Gasteiger partial charge in [0.05, 0.1) is 12.1 Å². The molecule has 5 rings (SSSR count). The van der Waals surface area contributed by atoms with E-state index in [-0.39, 0.29) is 11.1 Å². The van der Waals surface area contributed by atoms with E-state index in [4.69, 9.17) is 0 Å².